The molecule has 0 unspecified atom stereocenters. The summed E-state index contributed by atoms with van der Waals surface area (Å²) >= 11 is 0. The van der Waals surface area contributed by atoms with Crippen LogP contribution in [0.5, 0.6) is 0 Å². The number of carbonyl (C=O) groups is 3. The van der Waals surface area contributed by atoms with Crippen LogP contribution in [-0.2, 0) is 11.3 Å². The molecule has 1 aliphatic heterocycles. The average molecular weight is 573 g/mol. The van der Waals surface area contributed by atoms with E-state index in [1.807, 2.05) is 76.2 Å². The van der Waals surface area contributed by atoms with E-state index in [1.54, 1.807) is 30.6 Å². The molecule has 43 heavy (non-hydrogen) atoms. The lowest BCUT2D eigenvalue weighted by atomic mass is 10.0. The fourth-order valence-electron chi connectivity index (χ4n) is 5.39. The van der Waals surface area contributed by atoms with Gasteiger partial charge in [-0.25, -0.2) is 4.98 Å². The normalized spacial score (nSPS) is 12.9. The van der Waals surface area contributed by atoms with Gasteiger partial charge in [0, 0.05) is 55.3 Å². The molecule has 9 heteroatoms. The van der Waals surface area contributed by atoms with Crippen LogP contribution in [0.25, 0.3) is 22.2 Å². The Bertz CT molecular complexity index is 1770. The van der Waals surface area contributed by atoms with Crippen molar-refractivity contribution in [3.05, 3.63) is 108 Å². The third kappa shape index (κ3) is 6.46. The first-order valence-electron chi connectivity index (χ1n) is 14.5. The van der Waals surface area contributed by atoms with Gasteiger partial charge in [0.1, 0.15) is 0 Å². The highest BCUT2D eigenvalue weighted by Crippen LogP contribution is 2.26. The molecule has 3 aromatic carbocycles. The van der Waals surface area contributed by atoms with E-state index < -0.39 is 0 Å². The quantitative estimate of drug-likeness (QED) is 0.198. The second kappa shape index (κ2) is 12.7. The number of ketones is 1. The monoisotopic (exact) mass is 572 g/mol. The van der Waals surface area contributed by atoms with Crippen molar-refractivity contribution in [3.8, 4) is 11.1 Å². The number of Topliss-reactive ketones (excluding diaryl/α,β-unsaturated/α-hetero) is 1. The number of likely N-dealkylation sites (tertiary alicyclic amines) is 1. The maximum Gasteiger partial charge on any atom is 0.257 e. The van der Waals surface area contributed by atoms with Crippen molar-refractivity contribution in [1.29, 1.82) is 0 Å². The summed E-state index contributed by atoms with van der Waals surface area (Å²) in [6.07, 6.45) is 5.68. The van der Waals surface area contributed by atoms with E-state index in [1.165, 1.54) is 0 Å². The van der Waals surface area contributed by atoms with Gasteiger partial charge in [-0.3, -0.25) is 24.7 Å². The molecule has 2 aromatic heterocycles. The number of carbonyl (C=O) groups excluding carboxylic acids is 3. The number of aromatic nitrogens is 3. The zero-order valence-electron chi connectivity index (χ0n) is 23.7. The number of amides is 2. The van der Waals surface area contributed by atoms with Gasteiger partial charge in [0.25, 0.3) is 5.91 Å². The predicted octanol–water partition coefficient (Wildman–Crippen LogP) is 5.66. The summed E-state index contributed by atoms with van der Waals surface area (Å²) in [5, 5.41) is 6.22. The molecule has 2 amide bonds. The summed E-state index contributed by atoms with van der Waals surface area (Å²) in [5.74, 6) is 0.344. The fraction of sp³-hybridized carbons (Fsp3) is 0.206. The van der Waals surface area contributed by atoms with Crippen LogP contribution in [0, 0.1) is 0 Å². The molecule has 3 heterocycles. The zero-order chi connectivity index (χ0) is 29.6. The lowest BCUT2D eigenvalue weighted by Crippen LogP contribution is -2.26. The number of pyridine rings is 1. The van der Waals surface area contributed by atoms with Gasteiger partial charge in [-0.05, 0) is 66.4 Å². The van der Waals surface area contributed by atoms with E-state index in [4.69, 9.17) is 4.98 Å². The molecule has 6 rings (SSSR count). The standard InChI is InChI=1S/C34H32N6O3/c41-31(25-7-2-1-3-8-25)23-36-28-12-13-30-29(22-28)37-34(40(30)20-6-19-39-18-5-11-32(39)42)38-33(43)27-10-4-9-26(21-27)24-14-16-35-17-15-24/h1-4,7-10,12-17,21-22,36H,5-6,11,18-20,23H2,(H,37,38,43). The molecule has 1 fully saturated rings. The largest absolute Gasteiger partial charge is 0.378 e. The number of aryl methyl sites for hydroxylation is 1. The van der Waals surface area contributed by atoms with Crippen molar-refractivity contribution in [2.24, 2.45) is 0 Å². The van der Waals surface area contributed by atoms with Crippen molar-refractivity contribution in [2.45, 2.75) is 25.8 Å². The maximum atomic E-state index is 13.5. The predicted molar refractivity (Wildman–Crippen MR) is 167 cm³/mol. The van der Waals surface area contributed by atoms with Crippen molar-refractivity contribution < 1.29 is 14.4 Å². The Morgan fingerprint density at radius 2 is 1.65 bits per heavy atom. The number of benzene rings is 3. The van der Waals surface area contributed by atoms with Crippen LogP contribution < -0.4 is 10.6 Å². The second-order valence-corrected chi connectivity index (χ2v) is 10.5. The minimum absolute atomic E-state index is 0.00960. The summed E-state index contributed by atoms with van der Waals surface area (Å²) in [4.78, 5) is 48.9. The topological polar surface area (TPSA) is 109 Å². The number of hydrogen-bond donors (Lipinski definition) is 2. The number of rotatable bonds is 11. The molecule has 0 saturated carbocycles. The van der Waals surface area contributed by atoms with Gasteiger partial charge in [0.05, 0.1) is 17.6 Å². The average Bonchev–Trinajstić information content (AvgIpc) is 3.62. The molecule has 1 saturated heterocycles. The molecule has 9 nitrogen and oxygen atoms in total. The Labute approximate surface area is 249 Å². The van der Waals surface area contributed by atoms with Gasteiger partial charge in [-0.1, -0.05) is 42.5 Å². The molecule has 0 spiro atoms. The lowest BCUT2D eigenvalue weighted by molar-refractivity contribution is -0.127. The molecule has 216 valence electrons. The third-order valence-electron chi connectivity index (χ3n) is 7.64. The molecule has 1 aliphatic rings. The van der Waals surface area contributed by atoms with E-state index in [0.29, 0.717) is 42.1 Å². The zero-order valence-corrected chi connectivity index (χ0v) is 23.7. The van der Waals surface area contributed by atoms with Crippen LogP contribution in [0.4, 0.5) is 11.6 Å². The second-order valence-electron chi connectivity index (χ2n) is 10.5. The molecule has 2 N–H and O–H groups in total. The molecular formula is C34H32N6O3. The van der Waals surface area contributed by atoms with Gasteiger partial charge in [-0.2, -0.15) is 0 Å². The van der Waals surface area contributed by atoms with E-state index in [0.717, 1.165) is 41.7 Å². The Morgan fingerprint density at radius 1 is 0.837 bits per heavy atom. The molecule has 0 bridgehead atoms. The van der Waals surface area contributed by atoms with E-state index >= 15 is 0 Å². The molecule has 0 aliphatic carbocycles. The Hall–Kier alpha value is -5.31. The van der Waals surface area contributed by atoms with Crippen LogP contribution >= 0.6 is 0 Å². The van der Waals surface area contributed by atoms with Gasteiger partial charge in [0.15, 0.2) is 5.78 Å². The number of imidazole rings is 1. The van der Waals surface area contributed by atoms with Crippen LogP contribution in [0.3, 0.4) is 0 Å². The Balaban J connectivity index is 1.23. The lowest BCUT2D eigenvalue weighted by Gasteiger charge is -2.16. The highest BCUT2D eigenvalue weighted by Gasteiger charge is 2.20. The summed E-state index contributed by atoms with van der Waals surface area (Å²) in [6.45, 7) is 2.17. The Morgan fingerprint density at radius 3 is 2.44 bits per heavy atom. The van der Waals surface area contributed by atoms with Crippen molar-refractivity contribution in [1.82, 2.24) is 19.4 Å². The first kappa shape index (κ1) is 27.8. The van der Waals surface area contributed by atoms with Crippen LogP contribution in [0.1, 0.15) is 40.0 Å². The van der Waals surface area contributed by atoms with E-state index in [9.17, 15) is 14.4 Å². The van der Waals surface area contributed by atoms with Crippen LogP contribution in [-0.4, -0.2) is 56.7 Å². The summed E-state index contributed by atoms with van der Waals surface area (Å²) in [7, 11) is 0. The number of fused-ring (bicyclic) bond motifs is 1. The van der Waals surface area contributed by atoms with Gasteiger partial charge >= 0.3 is 0 Å². The SMILES string of the molecule is O=C(CNc1ccc2c(c1)nc(NC(=O)c1cccc(-c3ccncc3)c1)n2CCCN1CCCC1=O)c1ccccc1. The smallest absolute Gasteiger partial charge is 0.257 e. The van der Waals surface area contributed by atoms with E-state index in [-0.39, 0.29) is 24.1 Å². The van der Waals surface area contributed by atoms with Crippen molar-refractivity contribution in [3.63, 3.8) is 0 Å². The summed E-state index contributed by atoms with van der Waals surface area (Å²) in [5.41, 5.74) is 5.35. The van der Waals surface area contributed by atoms with Gasteiger partial charge in [-0.15, -0.1) is 0 Å². The Kier molecular flexibility index (Phi) is 8.21. The number of nitrogens with one attached hydrogen (secondary N) is 2. The van der Waals surface area contributed by atoms with Crippen LogP contribution in [0.2, 0.25) is 0 Å². The molecular weight excluding hydrogens is 540 g/mol. The van der Waals surface area contributed by atoms with Crippen LogP contribution in [0.15, 0.2) is 97.3 Å². The summed E-state index contributed by atoms with van der Waals surface area (Å²) in [6, 6.07) is 26.1. The number of hydrogen-bond acceptors (Lipinski definition) is 6. The molecule has 0 radical (unpaired) electrons. The highest BCUT2D eigenvalue weighted by molar-refractivity contribution is 6.05. The highest BCUT2D eigenvalue weighted by atomic mass is 16.2. The van der Waals surface area contributed by atoms with Gasteiger partial charge in [0.2, 0.25) is 11.9 Å². The number of nitrogens with zero attached hydrogens (tertiary/aromatic N) is 4. The fourth-order valence-corrected chi connectivity index (χ4v) is 5.39. The molecule has 5 aromatic rings. The number of anilines is 2. The summed E-state index contributed by atoms with van der Waals surface area (Å²) < 4.78 is 1.99. The maximum absolute atomic E-state index is 13.5. The first-order valence-corrected chi connectivity index (χ1v) is 14.5. The minimum atomic E-state index is -0.269. The van der Waals surface area contributed by atoms with Gasteiger partial charge < -0.3 is 14.8 Å². The first-order chi connectivity index (χ1) is 21.0. The van der Waals surface area contributed by atoms with Crippen molar-refractivity contribution in [2.75, 3.05) is 30.3 Å². The van der Waals surface area contributed by atoms with Crippen molar-refractivity contribution >= 4 is 40.3 Å². The minimum Gasteiger partial charge on any atom is -0.378 e. The van der Waals surface area contributed by atoms with E-state index in [2.05, 4.69) is 15.6 Å². The molecule has 0 atom stereocenters. The third-order valence-corrected chi connectivity index (χ3v) is 7.64.